The number of carbonyl (C=O) groups excluding carboxylic acids is 1. The molecule has 2 aromatic heterocycles. The zero-order valence-electron chi connectivity index (χ0n) is 24.2. The molecule has 1 fully saturated rings. The van der Waals surface area contributed by atoms with Crippen molar-refractivity contribution in [3.05, 3.63) is 45.5 Å². The second-order valence-corrected chi connectivity index (χ2v) is 11.6. The van der Waals surface area contributed by atoms with E-state index in [4.69, 9.17) is 27.9 Å². The van der Waals surface area contributed by atoms with E-state index in [9.17, 15) is 4.79 Å². The lowest BCUT2D eigenvalue weighted by Gasteiger charge is -2.36. The van der Waals surface area contributed by atoms with Crippen LogP contribution in [0.5, 0.6) is 0 Å². The van der Waals surface area contributed by atoms with Crippen LogP contribution in [0, 0.1) is 0 Å². The summed E-state index contributed by atoms with van der Waals surface area (Å²) in [5.41, 5.74) is 2.44. The first-order valence-corrected chi connectivity index (χ1v) is 14.5. The van der Waals surface area contributed by atoms with Gasteiger partial charge in [0.25, 0.3) is 0 Å². The fraction of sp³-hybridized carbons (Fsp3) is 0.643. The van der Waals surface area contributed by atoms with Gasteiger partial charge in [0.1, 0.15) is 5.60 Å². The predicted molar refractivity (Wildman–Crippen MR) is 159 cm³/mol. The second-order valence-electron chi connectivity index (χ2n) is 10.6. The van der Waals surface area contributed by atoms with Crippen molar-refractivity contribution in [1.29, 1.82) is 0 Å². The van der Waals surface area contributed by atoms with Gasteiger partial charge < -0.3 is 20.3 Å². The molecule has 1 aliphatic heterocycles. The van der Waals surface area contributed by atoms with Crippen LogP contribution in [0.15, 0.2) is 23.4 Å². The van der Waals surface area contributed by atoms with Crippen LogP contribution >= 0.6 is 23.2 Å². The van der Waals surface area contributed by atoms with Crippen LogP contribution in [0.3, 0.4) is 0 Å². The van der Waals surface area contributed by atoms with Gasteiger partial charge in [-0.3, -0.25) is 5.10 Å². The summed E-state index contributed by atoms with van der Waals surface area (Å²) in [4.78, 5) is 23.4. The third-order valence-corrected chi connectivity index (χ3v) is 6.66. The number of amides is 1. The van der Waals surface area contributed by atoms with E-state index in [-0.39, 0.29) is 12.1 Å². The molecule has 0 radical (unpaired) electrons. The zero-order valence-corrected chi connectivity index (χ0v) is 25.8. The minimum Gasteiger partial charge on any atom is -0.444 e. The highest BCUT2D eigenvalue weighted by atomic mass is 35.5. The van der Waals surface area contributed by atoms with Gasteiger partial charge in [0.15, 0.2) is 0 Å². The molecule has 1 amide bonds. The molecule has 2 aromatic rings. The monoisotopic (exact) mass is 581 g/mol. The Kier molecular flexibility index (Phi) is 14.0. The molecule has 0 bridgehead atoms. The third kappa shape index (κ3) is 12.6. The Hall–Kier alpha value is -2.36. The van der Waals surface area contributed by atoms with Crippen LogP contribution in [-0.2, 0) is 24.1 Å². The highest BCUT2D eigenvalue weighted by molar-refractivity contribution is 6.31. The van der Waals surface area contributed by atoms with Crippen molar-refractivity contribution in [2.45, 2.75) is 98.3 Å². The van der Waals surface area contributed by atoms with Gasteiger partial charge in [0.05, 0.1) is 22.6 Å². The van der Waals surface area contributed by atoms with Crippen molar-refractivity contribution in [3.63, 3.8) is 0 Å². The molecule has 1 atom stereocenters. The number of aromatic amines is 1. The molecule has 11 heteroatoms. The summed E-state index contributed by atoms with van der Waals surface area (Å²) in [7, 11) is 0. The number of aromatic nitrogens is 4. The summed E-state index contributed by atoms with van der Waals surface area (Å²) in [6, 6.07) is 2.23. The molecule has 3 N–H and O–H groups in total. The van der Waals surface area contributed by atoms with E-state index in [0.717, 1.165) is 73.9 Å². The molecule has 39 heavy (non-hydrogen) atoms. The number of nitrogens with zero attached hydrogens (tertiary/aromatic N) is 4. The molecule has 3 rings (SSSR count). The Morgan fingerprint density at radius 2 is 2.05 bits per heavy atom. The van der Waals surface area contributed by atoms with E-state index in [0.29, 0.717) is 23.9 Å². The SMILES string of the molecule is C/C=C(\C)Cl.CCc1cc(CNCCc2nc(NCCC3CCCCN3C(=O)OC(C)(C)C)ncc2Cl)[nH]n1. The van der Waals surface area contributed by atoms with Gasteiger partial charge in [0, 0.05) is 49.4 Å². The lowest BCUT2D eigenvalue weighted by atomic mass is 10.00. The van der Waals surface area contributed by atoms with Gasteiger partial charge in [0.2, 0.25) is 5.95 Å². The molecule has 3 heterocycles. The molecular weight excluding hydrogens is 537 g/mol. The van der Waals surface area contributed by atoms with Gasteiger partial charge in [-0.05, 0) is 72.8 Å². The summed E-state index contributed by atoms with van der Waals surface area (Å²) in [5, 5.41) is 15.4. The fourth-order valence-corrected chi connectivity index (χ4v) is 4.17. The number of piperidine rings is 1. The molecule has 0 aliphatic carbocycles. The number of hydrogen-bond acceptors (Lipinski definition) is 7. The molecule has 0 saturated carbocycles. The highest BCUT2D eigenvalue weighted by Gasteiger charge is 2.30. The van der Waals surface area contributed by atoms with Crippen molar-refractivity contribution in [2.75, 3.05) is 25.0 Å². The first-order valence-electron chi connectivity index (χ1n) is 13.8. The van der Waals surface area contributed by atoms with E-state index >= 15 is 0 Å². The number of halogens is 2. The van der Waals surface area contributed by atoms with E-state index in [1.807, 2.05) is 45.6 Å². The molecule has 0 aromatic carbocycles. The van der Waals surface area contributed by atoms with Gasteiger partial charge in [-0.2, -0.15) is 5.10 Å². The van der Waals surface area contributed by atoms with Crippen molar-refractivity contribution < 1.29 is 9.53 Å². The van der Waals surface area contributed by atoms with Crippen molar-refractivity contribution in [2.24, 2.45) is 0 Å². The lowest BCUT2D eigenvalue weighted by Crippen LogP contribution is -2.46. The Balaban J connectivity index is 0.000000976. The Bertz CT molecular complexity index is 1050. The van der Waals surface area contributed by atoms with Crippen LogP contribution in [-0.4, -0.2) is 62.4 Å². The molecular formula is C28H45Cl2N7O2. The smallest absolute Gasteiger partial charge is 0.410 e. The minimum absolute atomic E-state index is 0.155. The number of H-pyrrole nitrogens is 1. The number of hydrogen-bond donors (Lipinski definition) is 3. The molecule has 9 nitrogen and oxygen atoms in total. The van der Waals surface area contributed by atoms with E-state index in [1.54, 1.807) is 6.20 Å². The number of anilines is 1. The van der Waals surface area contributed by atoms with Crippen LogP contribution in [0.4, 0.5) is 10.7 Å². The van der Waals surface area contributed by atoms with E-state index in [1.165, 1.54) is 0 Å². The van der Waals surface area contributed by atoms with Crippen LogP contribution in [0.25, 0.3) is 0 Å². The Morgan fingerprint density at radius 1 is 1.31 bits per heavy atom. The predicted octanol–water partition coefficient (Wildman–Crippen LogP) is 6.49. The summed E-state index contributed by atoms with van der Waals surface area (Å²) in [5.74, 6) is 0.556. The number of carbonyl (C=O) groups is 1. The number of nitrogens with one attached hydrogen (secondary N) is 3. The number of allylic oxidation sites excluding steroid dienone is 2. The highest BCUT2D eigenvalue weighted by Crippen LogP contribution is 2.23. The van der Waals surface area contributed by atoms with Gasteiger partial charge in [-0.1, -0.05) is 36.2 Å². The molecule has 1 unspecified atom stereocenters. The first-order chi connectivity index (χ1) is 18.5. The van der Waals surface area contributed by atoms with Gasteiger partial charge >= 0.3 is 6.09 Å². The van der Waals surface area contributed by atoms with E-state index < -0.39 is 5.60 Å². The Morgan fingerprint density at radius 3 is 2.69 bits per heavy atom. The summed E-state index contributed by atoms with van der Waals surface area (Å²) < 4.78 is 5.60. The summed E-state index contributed by atoms with van der Waals surface area (Å²) >= 11 is 11.6. The first kappa shape index (κ1) is 32.8. The van der Waals surface area contributed by atoms with Crippen LogP contribution in [0.1, 0.15) is 84.3 Å². The number of rotatable bonds is 10. The number of ether oxygens (including phenoxy) is 1. The van der Waals surface area contributed by atoms with Gasteiger partial charge in [-0.25, -0.2) is 14.8 Å². The number of likely N-dealkylation sites (tertiary alicyclic amines) is 1. The average molecular weight is 583 g/mol. The van der Waals surface area contributed by atoms with E-state index in [2.05, 4.69) is 43.8 Å². The quantitative estimate of drug-likeness (QED) is 0.275. The zero-order chi connectivity index (χ0) is 28.8. The maximum Gasteiger partial charge on any atom is 0.410 e. The van der Waals surface area contributed by atoms with Crippen LogP contribution < -0.4 is 10.6 Å². The summed E-state index contributed by atoms with van der Waals surface area (Å²) in [6.07, 6.45) is 8.81. The lowest BCUT2D eigenvalue weighted by molar-refractivity contribution is 0.00929. The maximum atomic E-state index is 12.6. The van der Waals surface area contributed by atoms with Gasteiger partial charge in [-0.15, -0.1) is 0 Å². The van der Waals surface area contributed by atoms with Crippen molar-refractivity contribution >= 4 is 35.2 Å². The Labute approximate surface area is 243 Å². The largest absolute Gasteiger partial charge is 0.444 e. The van der Waals surface area contributed by atoms with Crippen molar-refractivity contribution in [3.8, 4) is 0 Å². The standard InChI is InChI=1S/C24H38ClN7O2.C4H7Cl/c1-5-17-14-18(31-30-17)15-26-11-10-21-20(25)16-28-22(29-21)27-12-9-19-8-6-7-13-32(19)23(33)34-24(2,3)4;1-3-4(2)5/h14,16,19,26H,5-13,15H2,1-4H3,(H,30,31)(H,27,28,29);3H,1-2H3/b;4-3+. The molecule has 1 aliphatic rings. The third-order valence-electron chi connectivity index (χ3n) is 6.13. The molecule has 218 valence electrons. The normalized spacial score (nSPS) is 15.9. The fourth-order valence-electron chi connectivity index (χ4n) is 3.99. The second kappa shape index (κ2) is 16.7. The molecule has 0 spiro atoms. The minimum atomic E-state index is -0.490. The molecule has 1 saturated heterocycles. The van der Waals surface area contributed by atoms with Crippen LogP contribution in [0.2, 0.25) is 5.02 Å². The topological polar surface area (TPSA) is 108 Å². The average Bonchev–Trinajstić information content (AvgIpc) is 3.36. The maximum absolute atomic E-state index is 12.6. The van der Waals surface area contributed by atoms with Crippen molar-refractivity contribution in [1.82, 2.24) is 30.4 Å². The summed E-state index contributed by atoms with van der Waals surface area (Å²) in [6.45, 7) is 14.4. The number of aryl methyl sites for hydroxylation is 1.